The Bertz CT molecular complexity index is 580. The van der Waals surface area contributed by atoms with Crippen LogP contribution in [0.15, 0.2) is 24.3 Å². The molecule has 3 rings (SSSR count). The zero-order chi connectivity index (χ0) is 16.2. The van der Waals surface area contributed by atoms with Crippen LogP contribution >= 0.6 is 0 Å². The molecular weight excluding hydrogens is 294 g/mol. The number of nitrogens with one attached hydrogen (secondary N) is 1. The van der Waals surface area contributed by atoms with E-state index in [2.05, 4.69) is 10.2 Å². The third kappa shape index (κ3) is 4.01. The largest absolute Gasteiger partial charge is 0.378 e. The lowest BCUT2D eigenvalue weighted by atomic mass is 10.2. The number of hydrogen-bond donors (Lipinski definition) is 1. The maximum Gasteiger partial charge on any atom is 0.244 e. The first-order valence-corrected chi connectivity index (χ1v) is 8.14. The first-order valence-electron chi connectivity index (χ1n) is 8.14. The highest BCUT2D eigenvalue weighted by Gasteiger charge is 2.32. The molecule has 1 saturated carbocycles. The van der Waals surface area contributed by atoms with Crippen LogP contribution in [-0.4, -0.2) is 55.6 Å². The van der Waals surface area contributed by atoms with E-state index < -0.39 is 0 Å². The molecule has 23 heavy (non-hydrogen) atoms. The Morgan fingerprint density at radius 2 is 1.96 bits per heavy atom. The lowest BCUT2D eigenvalue weighted by Gasteiger charge is -2.30. The van der Waals surface area contributed by atoms with Crippen LogP contribution < -0.4 is 10.2 Å². The minimum absolute atomic E-state index is 0.0379. The summed E-state index contributed by atoms with van der Waals surface area (Å²) in [7, 11) is 0. The van der Waals surface area contributed by atoms with Gasteiger partial charge in [-0.05, 0) is 25.0 Å². The van der Waals surface area contributed by atoms with Gasteiger partial charge in [-0.2, -0.15) is 0 Å². The van der Waals surface area contributed by atoms with Gasteiger partial charge in [0.1, 0.15) is 6.54 Å². The number of rotatable bonds is 5. The van der Waals surface area contributed by atoms with Gasteiger partial charge >= 0.3 is 0 Å². The van der Waals surface area contributed by atoms with Crippen LogP contribution in [0.1, 0.15) is 19.8 Å². The molecule has 1 aliphatic heterocycles. The van der Waals surface area contributed by atoms with Gasteiger partial charge in [-0.3, -0.25) is 9.59 Å². The van der Waals surface area contributed by atoms with Crippen molar-refractivity contribution in [2.45, 2.75) is 25.8 Å². The van der Waals surface area contributed by atoms with E-state index in [1.807, 2.05) is 24.3 Å². The SMILES string of the molecule is CC(=O)N(CC(=O)Nc1ccccc1N1CCOCC1)C1CC1. The smallest absolute Gasteiger partial charge is 0.244 e. The minimum atomic E-state index is -0.146. The Hall–Kier alpha value is -2.08. The normalized spacial score (nSPS) is 17.7. The Balaban J connectivity index is 1.67. The number of nitrogens with zero attached hydrogens (tertiary/aromatic N) is 2. The number of hydrogen-bond acceptors (Lipinski definition) is 4. The summed E-state index contributed by atoms with van der Waals surface area (Å²) in [6, 6.07) is 8.02. The molecule has 1 aromatic carbocycles. The van der Waals surface area contributed by atoms with Crippen LogP contribution in [0.2, 0.25) is 0 Å². The molecule has 1 aliphatic carbocycles. The van der Waals surface area contributed by atoms with Gasteiger partial charge in [0.15, 0.2) is 0 Å². The Labute approximate surface area is 136 Å². The van der Waals surface area contributed by atoms with Crippen LogP contribution in [0.3, 0.4) is 0 Å². The van der Waals surface area contributed by atoms with Crippen molar-refractivity contribution in [3.8, 4) is 0 Å². The first-order chi connectivity index (χ1) is 11.1. The minimum Gasteiger partial charge on any atom is -0.378 e. The molecular formula is C17H23N3O3. The molecule has 2 aliphatic rings. The van der Waals surface area contributed by atoms with E-state index in [9.17, 15) is 9.59 Å². The molecule has 1 saturated heterocycles. The topological polar surface area (TPSA) is 61.9 Å². The van der Waals surface area contributed by atoms with Crippen LogP contribution in [0.5, 0.6) is 0 Å². The van der Waals surface area contributed by atoms with Crippen molar-refractivity contribution in [1.82, 2.24) is 4.90 Å². The molecule has 0 unspecified atom stereocenters. The monoisotopic (exact) mass is 317 g/mol. The van der Waals surface area contributed by atoms with Gasteiger partial charge in [-0.15, -0.1) is 0 Å². The summed E-state index contributed by atoms with van der Waals surface area (Å²) in [6.07, 6.45) is 1.99. The fourth-order valence-electron chi connectivity index (χ4n) is 2.89. The molecule has 0 radical (unpaired) electrons. The van der Waals surface area contributed by atoms with E-state index in [0.717, 1.165) is 37.3 Å². The Kier molecular flexibility index (Phi) is 4.81. The molecule has 6 nitrogen and oxygen atoms in total. The Morgan fingerprint density at radius 3 is 2.61 bits per heavy atom. The predicted octanol–water partition coefficient (Wildman–Crippen LogP) is 1.47. The van der Waals surface area contributed by atoms with Crippen LogP contribution in [0.25, 0.3) is 0 Å². The maximum atomic E-state index is 12.3. The molecule has 1 N–H and O–H groups in total. The number of carbonyl (C=O) groups excluding carboxylic acids is 2. The summed E-state index contributed by atoms with van der Waals surface area (Å²) >= 11 is 0. The van der Waals surface area contributed by atoms with Crippen molar-refractivity contribution >= 4 is 23.2 Å². The maximum absolute atomic E-state index is 12.3. The average molecular weight is 317 g/mol. The molecule has 0 spiro atoms. The highest BCUT2D eigenvalue weighted by molar-refractivity contribution is 5.97. The molecule has 0 atom stereocenters. The van der Waals surface area contributed by atoms with Gasteiger partial charge in [-0.25, -0.2) is 0 Å². The van der Waals surface area contributed by atoms with Gasteiger partial charge in [0.2, 0.25) is 11.8 Å². The fraction of sp³-hybridized carbons (Fsp3) is 0.529. The van der Waals surface area contributed by atoms with E-state index in [-0.39, 0.29) is 24.4 Å². The van der Waals surface area contributed by atoms with E-state index in [1.54, 1.807) is 4.90 Å². The second-order valence-electron chi connectivity index (χ2n) is 6.04. The number of carbonyl (C=O) groups is 2. The number of anilines is 2. The van der Waals surface area contributed by atoms with Gasteiger partial charge in [0.05, 0.1) is 24.6 Å². The molecule has 124 valence electrons. The number of benzene rings is 1. The van der Waals surface area contributed by atoms with Crippen molar-refractivity contribution in [2.75, 3.05) is 43.1 Å². The summed E-state index contributed by atoms with van der Waals surface area (Å²) in [6.45, 7) is 4.66. The third-order valence-electron chi connectivity index (χ3n) is 4.24. The quantitative estimate of drug-likeness (QED) is 0.893. The molecule has 1 heterocycles. The molecule has 0 bridgehead atoms. The van der Waals surface area contributed by atoms with Crippen molar-refractivity contribution in [2.24, 2.45) is 0 Å². The van der Waals surface area contributed by atoms with Crippen molar-refractivity contribution < 1.29 is 14.3 Å². The van der Waals surface area contributed by atoms with Crippen LogP contribution in [0.4, 0.5) is 11.4 Å². The zero-order valence-corrected chi connectivity index (χ0v) is 13.5. The summed E-state index contributed by atoms with van der Waals surface area (Å²) < 4.78 is 5.38. The van der Waals surface area contributed by atoms with E-state index in [4.69, 9.17) is 4.74 Å². The lowest BCUT2D eigenvalue weighted by molar-refractivity contribution is -0.133. The number of para-hydroxylation sites is 2. The zero-order valence-electron chi connectivity index (χ0n) is 13.5. The second kappa shape index (κ2) is 7.00. The molecule has 2 fully saturated rings. The van der Waals surface area contributed by atoms with Crippen molar-refractivity contribution in [1.29, 1.82) is 0 Å². The van der Waals surface area contributed by atoms with Gasteiger partial charge in [0.25, 0.3) is 0 Å². The number of amides is 2. The fourth-order valence-corrected chi connectivity index (χ4v) is 2.89. The summed E-state index contributed by atoms with van der Waals surface area (Å²) in [5, 5.41) is 2.96. The van der Waals surface area contributed by atoms with Gasteiger partial charge in [0, 0.05) is 26.1 Å². The van der Waals surface area contributed by atoms with Gasteiger partial charge < -0.3 is 19.9 Å². The molecule has 0 aromatic heterocycles. The highest BCUT2D eigenvalue weighted by atomic mass is 16.5. The lowest BCUT2D eigenvalue weighted by Crippen LogP contribution is -2.39. The third-order valence-corrected chi connectivity index (χ3v) is 4.24. The molecule has 1 aromatic rings. The van der Waals surface area contributed by atoms with E-state index >= 15 is 0 Å². The van der Waals surface area contributed by atoms with Crippen molar-refractivity contribution in [3.63, 3.8) is 0 Å². The standard InChI is InChI=1S/C17H23N3O3/c1-13(21)20(14-6-7-14)12-17(22)18-15-4-2-3-5-16(15)19-8-10-23-11-9-19/h2-5,14H,6-12H2,1H3,(H,18,22). The van der Waals surface area contributed by atoms with E-state index in [0.29, 0.717) is 13.2 Å². The molecule has 2 amide bonds. The summed E-state index contributed by atoms with van der Waals surface area (Å²) in [5.41, 5.74) is 1.80. The van der Waals surface area contributed by atoms with Gasteiger partial charge in [-0.1, -0.05) is 12.1 Å². The van der Waals surface area contributed by atoms with Crippen LogP contribution in [-0.2, 0) is 14.3 Å². The predicted molar refractivity (Wildman–Crippen MR) is 88.5 cm³/mol. The Morgan fingerprint density at radius 1 is 1.26 bits per heavy atom. The number of morpholine rings is 1. The highest BCUT2D eigenvalue weighted by Crippen LogP contribution is 2.28. The van der Waals surface area contributed by atoms with Crippen LogP contribution in [0, 0.1) is 0 Å². The molecule has 6 heteroatoms. The number of ether oxygens (including phenoxy) is 1. The summed E-state index contributed by atoms with van der Waals surface area (Å²) in [4.78, 5) is 27.9. The van der Waals surface area contributed by atoms with E-state index in [1.165, 1.54) is 6.92 Å². The second-order valence-corrected chi connectivity index (χ2v) is 6.04. The first kappa shape index (κ1) is 15.8. The van der Waals surface area contributed by atoms with Crippen molar-refractivity contribution in [3.05, 3.63) is 24.3 Å². The average Bonchev–Trinajstić information content (AvgIpc) is 3.38. The summed E-state index contributed by atoms with van der Waals surface area (Å²) in [5.74, 6) is -0.183.